The largest absolute Gasteiger partial charge is 0.342 e. The molecule has 2 amide bonds. The van der Waals surface area contributed by atoms with Crippen LogP contribution in [0.3, 0.4) is 0 Å². The lowest BCUT2D eigenvalue weighted by Gasteiger charge is -2.39. The first-order valence-corrected chi connectivity index (χ1v) is 14.5. The molecule has 3 fully saturated rings. The van der Waals surface area contributed by atoms with Crippen LogP contribution < -0.4 is 5.32 Å². The highest BCUT2D eigenvalue weighted by atomic mass is 32.1. The third-order valence-electron chi connectivity index (χ3n) is 8.53. The van der Waals surface area contributed by atoms with Gasteiger partial charge in [0.05, 0.1) is 16.6 Å². The van der Waals surface area contributed by atoms with Crippen LogP contribution in [0.15, 0.2) is 48.5 Å². The number of nitrogens with zero attached hydrogens (tertiary/aromatic N) is 3. The fraction of sp³-hybridized carbons (Fsp3) is 0.419. The molecule has 6 nitrogen and oxygen atoms in total. The number of benzene rings is 2. The van der Waals surface area contributed by atoms with Gasteiger partial charge in [0.25, 0.3) is 0 Å². The van der Waals surface area contributed by atoms with E-state index in [4.69, 9.17) is 4.98 Å². The molecule has 1 aromatic heterocycles. The summed E-state index contributed by atoms with van der Waals surface area (Å²) in [5, 5.41) is 14.1. The minimum absolute atomic E-state index is 0.0151. The van der Waals surface area contributed by atoms with Gasteiger partial charge in [-0.25, -0.2) is 9.37 Å². The van der Waals surface area contributed by atoms with Crippen molar-refractivity contribution in [3.05, 3.63) is 65.6 Å². The maximum absolute atomic E-state index is 13.6. The van der Waals surface area contributed by atoms with E-state index in [0.29, 0.717) is 12.3 Å². The van der Waals surface area contributed by atoms with Gasteiger partial charge in [-0.1, -0.05) is 43.5 Å². The van der Waals surface area contributed by atoms with Gasteiger partial charge >= 0.3 is 0 Å². The second-order valence-electron chi connectivity index (χ2n) is 11.1. The van der Waals surface area contributed by atoms with Gasteiger partial charge in [0.15, 0.2) is 0 Å². The zero-order valence-corrected chi connectivity index (χ0v) is 22.8. The Bertz CT molecular complexity index is 1430. The summed E-state index contributed by atoms with van der Waals surface area (Å²) in [7, 11) is 0. The molecular weight excluding hydrogens is 511 g/mol. The lowest BCUT2D eigenvalue weighted by molar-refractivity contribution is -0.133. The van der Waals surface area contributed by atoms with Crippen molar-refractivity contribution in [3.8, 4) is 27.1 Å². The molecule has 1 saturated heterocycles. The number of hydrogen-bond acceptors (Lipinski definition) is 5. The van der Waals surface area contributed by atoms with Gasteiger partial charge in [-0.2, -0.15) is 5.26 Å². The Hall–Kier alpha value is -3.57. The molecule has 3 aliphatic rings. The van der Waals surface area contributed by atoms with Crippen molar-refractivity contribution in [1.29, 1.82) is 5.26 Å². The van der Waals surface area contributed by atoms with Crippen LogP contribution in [0.25, 0.3) is 21.0 Å². The van der Waals surface area contributed by atoms with Crippen molar-refractivity contribution in [1.82, 2.24) is 15.2 Å². The Balaban J connectivity index is 1.29. The number of carbonyl (C=O) groups is 2. The normalized spacial score (nSPS) is 23.1. The van der Waals surface area contributed by atoms with Crippen LogP contribution in [-0.4, -0.2) is 40.3 Å². The van der Waals surface area contributed by atoms with Crippen LogP contribution in [-0.2, 0) is 9.59 Å². The van der Waals surface area contributed by atoms with Crippen molar-refractivity contribution < 1.29 is 14.0 Å². The van der Waals surface area contributed by atoms with Gasteiger partial charge in [0, 0.05) is 43.3 Å². The number of hydrogen-bond donors (Lipinski definition) is 1. The second-order valence-corrected chi connectivity index (χ2v) is 12.1. The number of amides is 2. The molecular formula is C31H31FN4O2S. The topological polar surface area (TPSA) is 86.1 Å². The number of carbonyl (C=O) groups excluding carboxylic acids is 2. The fourth-order valence-electron chi connectivity index (χ4n) is 5.91. The summed E-state index contributed by atoms with van der Waals surface area (Å²) in [6, 6.07) is 17.1. The maximum atomic E-state index is 13.6. The van der Waals surface area contributed by atoms with E-state index in [-0.39, 0.29) is 29.5 Å². The third-order valence-corrected chi connectivity index (χ3v) is 9.70. The molecule has 39 heavy (non-hydrogen) atoms. The molecule has 0 unspecified atom stereocenters. The third kappa shape index (κ3) is 4.96. The molecule has 200 valence electrons. The summed E-state index contributed by atoms with van der Waals surface area (Å²) in [5.74, 6) is -0.103. The van der Waals surface area contributed by atoms with E-state index in [0.717, 1.165) is 65.5 Å². The van der Waals surface area contributed by atoms with Crippen LogP contribution in [0.1, 0.15) is 68.5 Å². The quantitative estimate of drug-likeness (QED) is 0.414. The summed E-state index contributed by atoms with van der Waals surface area (Å²) in [4.78, 5) is 32.4. The van der Waals surface area contributed by atoms with Crippen molar-refractivity contribution in [2.75, 3.05) is 13.1 Å². The number of halogens is 1. The molecule has 0 radical (unpaired) electrons. The number of rotatable bonds is 6. The molecule has 2 heterocycles. The number of thiazole rings is 1. The second kappa shape index (κ2) is 10.2. The van der Waals surface area contributed by atoms with Gasteiger partial charge in [0.2, 0.25) is 11.8 Å². The number of aromatic nitrogens is 1. The number of likely N-dealkylation sites (tertiary alicyclic amines) is 1. The van der Waals surface area contributed by atoms with Crippen molar-refractivity contribution in [2.45, 2.75) is 62.8 Å². The van der Waals surface area contributed by atoms with Crippen LogP contribution in [0.4, 0.5) is 4.39 Å². The van der Waals surface area contributed by atoms with E-state index in [1.807, 2.05) is 4.90 Å². The molecule has 3 aromatic rings. The zero-order valence-electron chi connectivity index (χ0n) is 22.0. The van der Waals surface area contributed by atoms with Gasteiger partial charge < -0.3 is 10.2 Å². The minimum Gasteiger partial charge on any atom is -0.342 e. The monoisotopic (exact) mass is 542 g/mol. The molecule has 1 N–H and O–H groups in total. The Morgan fingerprint density at radius 2 is 1.72 bits per heavy atom. The van der Waals surface area contributed by atoms with Crippen molar-refractivity contribution >= 4 is 23.2 Å². The highest BCUT2D eigenvalue weighted by Gasteiger charge is 2.59. The molecule has 0 spiro atoms. The standard InChI is InChI=1S/C31H31FN4O2S/c1-19(37)36-16-24(17-36)20-7-9-21(10-8-20)28-27(34-30(39-28)23-11-13-25(32)14-12-23)26-15-31(26,18-33)35-29(38)22-5-3-2-4-6-22/h7-14,22,24,26H,2-6,15-17H2,1H3,(H,35,38)/t26-,31-/m0/s1. The van der Waals surface area contributed by atoms with Crippen LogP contribution in [0.5, 0.6) is 0 Å². The van der Waals surface area contributed by atoms with E-state index in [9.17, 15) is 19.2 Å². The Morgan fingerprint density at radius 1 is 1.05 bits per heavy atom. The molecule has 1 aliphatic heterocycles. The molecule has 2 atom stereocenters. The fourth-order valence-corrected chi connectivity index (χ4v) is 7.05. The first kappa shape index (κ1) is 25.7. The van der Waals surface area contributed by atoms with Gasteiger partial charge in [-0.15, -0.1) is 11.3 Å². The molecule has 2 aliphatic carbocycles. The van der Waals surface area contributed by atoms with Crippen LogP contribution in [0.2, 0.25) is 0 Å². The summed E-state index contributed by atoms with van der Waals surface area (Å²) < 4.78 is 13.6. The van der Waals surface area contributed by atoms with E-state index < -0.39 is 5.54 Å². The Labute approximate surface area is 231 Å². The lowest BCUT2D eigenvalue weighted by Crippen LogP contribution is -2.47. The summed E-state index contributed by atoms with van der Waals surface area (Å²) in [6.45, 7) is 3.07. The summed E-state index contributed by atoms with van der Waals surface area (Å²) in [5.41, 5.74) is 2.88. The summed E-state index contributed by atoms with van der Waals surface area (Å²) >= 11 is 1.53. The van der Waals surface area contributed by atoms with Crippen LogP contribution >= 0.6 is 11.3 Å². The van der Waals surface area contributed by atoms with Gasteiger partial charge in [-0.3, -0.25) is 9.59 Å². The molecule has 8 heteroatoms. The molecule has 6 rings (SSSR count). The van der Waals surface area contributed by atoms with E-state index >= 15 is 0 Å². The number of nitriles is 1. The summed E-state index contributed by atoms with van der Waals surface area (Å²) in [6.07, 6.45) is 5.57. The number of nitrogens with one attached hydrogen (secondary N) is 1. The Morgan fingerprint density at radius 3 is 2.36 bits per heavy atom. The Kier molecular flexibility index (Phi) is 6.72. The first-order valence-electron chi connectivity index (χ1n) is 13.7. The minimum atomic E-state index is -0.945. The first-order chi connectivity index (χ1) is 18.9. The van der Waals surface area contributed by atoms with Gasteiger partial charge in [-0.05, 0) is 54.7 Å². The predicted octanol–water partition coefficient (Wildman–Crippen LogP) is 6.01. The van der Waals surface area contributed by atoms with E-state index in [2.05, 4.69) is 35.7 Å². The van der Waals surface area contributed by atoms with Crippen molar-refractivity contribution in [3.63, 3.8) is 0 Å². The van der Waals surface area contributed by atoms with Crippen molar-refractivity contribution in [2.24, 2.45) is 5.92 Å². The highest BCUT2D eigenvalue weighted by Crippen LogP contribution is 2.55. The highest BCUT2D eigenvalue weighted by molar-refractivity contribution is 7.18. The van der Waals surface area contributed by atoms with E-state index in [1.165, 1.54) is 35.5 Å². The average Bonchev–Trinajstić information content (AvgIpc) is 3.46. The van der Waals surface area contributed by atoms with Crippen LogP contribution in [0, 0.1) is 23.1 Å². The molecule has 0 bridgehead atoms. The average molecular weight is 543 g/mol. The van der Waals surface area contributed by atoms with E-state index in [1.54, 1.807) is 19.1 Å². The zero-order chi connectivity index (χ0) is 27.1. The predicted molar refractivity (Wildman–Crippen MR) is 148 cm³/mol. The smallest absolute Gasteiger partial charge is 0.224 e. The molecule has 2 saturated carbocycles. The lowest BCUT2D eigenvalue weighted by atomic mass is 9.88. The maximum Gasteiger partial charge on any atom is 0.224 e. The van der Waals surface area contributed by atoms with Gasteiger partial charge in [0.1, 0.15) is 16.4 Å². The molecule has 2 aromatic carbocycles. The SMILES string of the molecule is CC(=O)N1CC(c2ccc(-c3sc(-c4ccc(F)cc4)nc3[C@@H]3C[C@@]3(C#N)NC(=O)C3CCCCC3)cc2)C1.